The third-order valence-corrected chi connectivity index (χ3v) is 9.25. The van der Waals surface area contributed by atoms with Crippen molar-refractivity contribution in [2.24, 2.45) is 0 Å². The number of phenolic OH excluding ortho intramolecular Hbond substituents is 2. The van der Waals surface area contributed by atoms with Crippen molar-refractivity contribution in [2.45, 2.75) is 48.3 Å². The predicted molar refractivity (Wildman–Crippen MR) is 136 cm³/mol. The molecule has 0 radical (unpaired) electrons. The Morgan fingerprint density at radius 2 is 1.17 bits per heavy atom. The molecule has 0 saturated heterocycles. The predicted octanol–water partition coefficient (Wildman–Crippen LogP) is 5.80. The number of fused-ring (bicyclic) bond motifs is 2. The molecule has 4 N–H and O–H groups in total. The zero-order valence-electron chi connectivity index (χ0n) is 18.8. The molecule has 5 aromatic carbocycles. The Hall–Kier alpha value is -2.86. The average molecular weight is 525 g/mol. The van der Waals surface area contributed by atoms with E-state index < -0.39 is 10.1 Å². The van der Waals surface area contributed by atoms with Gasteiger partial charge in [0.1, 0.15) is 16.4 Å². The lowest BCUT2D eigenvalue weighted by Gasteiger charge is -2.27. The summed E-state index contributed by atoms with van der Waals surface area (Å²) in [6.07, 6.45) is 4.44. The molecule has 0 heterocycles. The Labute approximate surface area is 209 Å². The number of aryl methyl sites for hydroxylation is 4. The molecule has 2 aliphatic carbocycles. The SMILES string of the molecule is O=S(=O)(O)c1cc2c3c(cc(SOOO)c4c5c(O)cc6c7c(cc(O)c(c1c34)c75)CCC6)CCC2. The smallest absolute Gasteiger partial charge is 0.295 e. The minimum Gasteiger partial charge on any atom is -0.507 e. The van der Waals surface area contributed by atoms with Crippen LogP contribution in [0.15, 0.2) is 34.1 Å². The highest BCUT2D eigenvalue weighted by molar-refractivity contribution is 7.94. The van der Waals surface area contributed by atoms with E-state index in [-0.39, 0.29) is 27.2 Å². The molecule has 2 aliphatic rings. The minimum atomic E-state index is -4.69. The van der Waals surface area contributed by atoms with Crippen molar-refractivity contribution in [1.29, 1.82) is 0 Å². The van der Waals surface area contributed by atoms with Crippen molar-refractivity contribution in [3.05, 3.63) is 46.5 Å². The standard InChI is InChI=1S/C26H20O8S2/c27-15-7-11-3-1-4-12-8-16(28)22-24-18(36(30,31)32)10-14-6-2-5-13-9-17(35-34-33-29)23(26(24)20(13)14)21(15)25(22)19(11)12/h7-10,27-29H,1-6H2,(H,30,31,32). The van der Waals surface area contributed by atoms with Crippen molar-refractivity contribution < 1.29 is 37.8 Å². The van der Waals surface area contributed by atoms with Crippen molar-refractivity contribution in [1.82, 2.24) is 0 Å². The van der Waals surface area contributed by atoms with Crippen molar-refractivity contribution in [3.63, 3.8) is 0 Å². The van der Waals surface area contributed by atoms with E-state index in [4.69, 9.17) is 9.59 Å². The van der Waals surface area contributed by atoms with E-state index in [1.165, 1.54) is 6.07 Å². The number of hydrogen-bond donors (Lipinski definition) is 4. The molecule has 7 rings (SSSR count). The quantitative estimate of drug-likeness (QED) is 0.0575. The van der Waals surface area contributed by atoms with Crippen molar-refractivity contribution in [2.75, 3.05) is 0 Å². The lowest BCUT2D eigenvalue weighted by atomic mass is 9.79. The molecular weight excluding hydrogens is 504 g/mol. The summed E-state index contributed by atoms with van der Waals surface area (Å²) >= 11 is 0.744. The van der Waals surface area contributed by atoms with Crippen molar-refractivity contribution >= 4 is 65.3 Å². The van der Waals surface area contributed by atoms with Crippen LogP contribution in [0.25, 0.3) is 43.1 Å². The summed E-state index contributed by atoms with van der Waals surface area (Å²) in [5, 5.41) is 39.7. The molecule has 10 heteroatoms. The Balaban J connectivity index is 1.89. The highest BCUT2D eigenvalue weighted by Crippen LogP contribution is 2.54. The third kappa shape index (κ3) is 2.88. The van der Waals surface area contributed by atoms with Gasteiger partial charge in [-0.1, -0.05) is 5.04 Å². The molecule has 8 nitrogen and oxygen atoms in total. The zero-order valence-corrected chi connectivity index (χ0v) is 20.4. The molecule has 0 spiro atoms. The number of hydrogen-bond acceptors (Lipinski definition) is 8. The molecule has 0 amide bonds. The molecule has 36 heavy (non-hydrogen) atoms. The van der Waals surface area contributed by atoms with Gasteiger partial charge < -0.3 is 10.2 Å². The Morgan fingerprint density at radius 1 is 0.667 bits per heavy atom. The fraction of sp³-hybridized carbons (Fsp3) is 0.231. The number of benzene rings is 5. The second kappa shape index (κ2) is 7.58. The second-order valence-corrected chi connectivity index (χ2v) is 11.7. The first kappa shape index (κ1) is 22.3. The van der Waals surface area contributed by atoms with Crippen LogP contribution in [-0.2, 0) is 45.2 Å². The van der Waals surface area contributed by atoms with Crippen LogP contribution in [0.4, 0.5) is 0 Å². The molecule has 0 aliphatic heterocycles. The van der Waals surface area contributed by atoms with Gasteiger partial charge in [-0.3, -0.25) is 4.55 Å². The summed E-state index contributed by atoms with van der Waals surface area (Å²) in [5.41, 5.74) is 3.55. The van der Waals surface area contributed by atoms with Gasteiger partial charge in [-0.25, -0.2) is 5.26 Å². The van der Waals surface area contributed by atoms with Crippen molar-refractivity contribution in [3.8, 4) is 11.5 Å². The second-order valence-electron chi connectivity index (χ2n) is 9.59. The summed E-state index contributed by atoms with van der Waals surface area (Å²) in [4.78, 5) is 0.225. The summed E-state index contributed by atoms with van der Waals surface area (Å²) in [7, 11) is -4.69. The highest BCUT2D eigenvalue weighted by atomic mass is 32.2. The maximum atomic E-state index is 12.8. The lowest BCUT2D eigenvalue weighted by Crippen LogP contribution is -2.09. The summed E-state index contributed by atoms with van der Waals surface area (Å²) in [5.74, 6) is -0.104. The van der Waals surface area contributed by atoms with Crippen LogP contribution in [-0.4, -0.2) is 28.4 Å². The average Bonchev–Trinajstić information content (AvgIpc) is 2.84. The number of aromatic hydroxyl groups is 2. The van der Waals surface area contributed by atoms with Gasteiger partial charge in [0.05, 0.1) is 12.0 Å². The molecule has 0 saturated carbocycles. The summed E-state index contributed by atoms with van der Waals surface area (Å²) in [6, 6.07) is 6.83. The van der Waals surface area contributed by atoms with E-state index in [0.29, 0.717) is 32.9 Å². The van der Waals surface area contributed by atoms with Crippen LogP contribution in [0.5, 0.6) is 11.5 Å². The number of phenols is 2. The van der Waals surface area contributed by atoms with Gasteiger partial charge in [-0.15, -0.1) is 4.33 Å². The first-order valence-corrected chi connectivity index (χ1v) is 13.8. The fourth-order valence-electron chi connectivity index (χ4n) is 6.58. The van der Waals surface area contributed by atoms with E-state index in [1.807, 2.05) is 6.07 Å². The Bertz CT molecular complexity index is 1870. The summed E-state index contributed by atoms with van der Waals surface area (Å²) in [6.45, 7) is 0. The molecular formula is C26H20O8S2. The maximum Gasteiger partial charge on any atom is 0.295 e. The van der Waals surface area contributed by atoms with E-state index in [0.717, 1.165) is 77.2 Å². The summed E-state index contributed by atoms with van der Waals surface area (Å²) < 4.78 is 40.7. The van der Waals surface area contributed by atoms with E-state index in [2.05, 4.69) is 5.04 Å². The maximum absolute atomic E-state index is 12.8. The minimum absolute atomic E-state index is 0.000431. The van der Waals surface area contributed by atoms with Crippen LogP contribution >= 0.6 is 12.0 Å². The first-order chi connectivity index (χ1) is 17.3. The van der Waals surface area contributed by atoms with Crippen LogP contribution < -0.4 is 0 Å². The van der Waals surface area contributed by atoms with E-state index >= 15 is 0 Å². The lowest BCUT2D eigenvalue weighted by molar-refractivity contribution is -0.432. The first-order valence-electron chi connectivity index (χ1n) is 11.6. The topological polar surface area (TPSA) is 134 Å². The van der Waals surface area contributed by atoms with E-state index in [1.54, 1.807) is 12.1 Å². The van der Waals surface area contributed by atoms with Crippen LogP contribution in [0.2, 0.25) is 0 Å². The molecule has 184 valence electrons. The van der Waals surface area contributed by atoms with Gasteiger partial charge >= 0.3 is 0 Å². The number of rotatable bonds is 4. The van der Waals surface area contributed by atoms with Crippen LogP contribution in [0.3, 0.4) is 0 Å². The molecule has 0 atom stereocenters. The molecule has 0 fully saturated rings. The van der Waals surface area contributed by atoms with Gasteiger partial charge in [0.15, 0.2) is 0 Å². The largest absolute Gasteiger partial charge is 0.507 e. The van der Waals surface area contributed by atoms with Gasteiger partial charge in [0, 0.05) is 37.2 Å². The zero-order chi connectivity index (χ0) is 24.9. The molecule has 0 unspecified atom stereocenters. The molecule has 5 aromatic rings. The van der Waals surface area contributed by atoms with Crippen LogP contribution in [0, 0.1) is 0 Å². The van der Waals surface area contributed by atoms with Crippen LogP contribution in [0.1, 0.15) is 35.1 Å². The van der Waals surface area contributed by atoms with Gasteiger partial charge in [0.2, 0.25) is 0 Å². The normalized spacial score (nSPS) is 15.6. The highest BCUT2D eigenvalue weighted by Gasteiger charge is 2.31. The van der Waals surface area contributed by atoms with E-state index in [9.17, 15) is 23.2 Å². The Morgan fingerprint density at radius 3 is 1.72 bits per heavy atom. The third-order valence-electron chi connectivity index (χ3n) is 7.74. The van der Waals surface area contributed by atoms with Gasteiger partial charge in [0.25, 0.3) is 10.1 Å². The monoisotopic (exact) mass is 524 g/mol. The molecule has 0 aromatic heterocycles. The fourth-order valence-corrected chi connectivity index (χ4v) is 7.92. The Kier molecular flexibility index (Phi) is 4.70. The van der Waals surface area contributed by atoms with Gasteiger partial charge in [-0.2, -0.15) is 8.42 Å². The van der Waals surface area contributed by atoms with Gasteiger partial charge in [-0.05, 0) is 95.8 Å². The molecule has 0 bridgehead atoms.